The Kier molecular flexibility index (Phi) is 3.96. The molecular formula is C15H20N2O4S. The lowest BCUT2D eigenvalue weighted by Gasteiger charge is -2.26. The van der Waals surface area contributed by atoms with Gasteiger partial charge in [-0.25, -0.2) is 13.1 Å². The third kappa shape index (κ3) is 2.43. The molecule has 6 nitrogen and oxygen atoms in total. The molecule has 0 saturated carbocycles. The number of hydrogen-bond donors (Lipinski definition) is 1. The van der Waals surface area contributed by atoms with Gasteiger partial charge in [-0.2, -0.15) is 0 Å². The molecule has 0 spiro atoms. The highest BCUT2D eigenvalue weighted by Gasteiger charge is 2.38. The summed E-state index contributed by atoms with van der Waals surface area (Å²) >= 11 is 0. The summed E-state index contributed by atoms with van der Waals surface area (Å²) in [5.74, 6) is -0.209. The molecule has 1 aromatic carbocycles. The van der Waals surface area contributed by atoms with E-state index in [-0.39, 0.29) is 23.3 Å². The molecule has 2 aliphatic rings. The Bertz CT molecular complexity index is 714. The average molecular weight is 324 g/mol. The minimum Gasteiger partial charge on any atom is -0.383 e. The van der Waals surface area contributed by atoms with E-state index in [4.69, 9.17) is 4.74 Å². The molecule has 7 heteroatoms. The van der Waals surface area contributed by atoms with Gasteiger partial charge in [0.15, 0.2) is 0 Å². The number of rotatable bonds is 5. The van der Waals surface area contributed by atoms with Gasteiger partial charge >= 0.3 is 0 Å². The van der Waals surface area contributed by atoms with Gasteiger partial charge in [0.25, 0.3) is 0 Å². The maximum absolute atomic E-state index is 12.4. The van der Waals surface area contributed by atoms with Gasteiger partial charge in [0.05, 0.1) is 23.1 Å². The first-order valence-electron chi connectivity index (χ1n) is 7.42. The van der Waals surface area contributed by atoms with E-state index in [0.29, 0.717) is 6.61 Å². The number of anilines is 1. The number of carbonyl (C=O) groups excluding carboxylic acids is 1. The molecular weight excluding hydrogens is 304 g/mol. The van der Waals surface area contributed by atoms with Gasteiger partial charge in [0, 0.05) is 20.2 Å². The SMILES string of the molecule is COCCNS(=O)(=O)c1cc2c3c(c1)[C@H](C)C(=O)N3CCC2. The number of ether oxygens (including phenoxy) is 1. The van der Waals surface area contributed by atoms with Crippen LogP contribution in [0.5, 0.6) is 0 Å². The lowest BCUT2D eigenvalue weighted by atomic mass is 9.97. The van der Waals surface area contributed by atoms with Crippen LogP contribution in [0.4, 0.5) is 5.69 Å². The number of hydrogen-bond acceptors (Lipinski definition) is 4. The standard InChI is InChI=1S/C15H20N2O4S/c1-10-13-9-12(22(19,20)16-5-7-21-2)8-11-4-3-6-17(14(11)13)15(10)18/h8-10,16H,3-7H2,1-2H3/t10-/m0/s1. The van der Waals surface area contributed by atoms with Crippen LogP contribution in [-0.2, 0) is 26.0 Å². The van der Waals surface area contributed by atoms with Crippen LogP contribution < -0.4 is 9.62 Å². The Hall–Kier alpha value is -1.44. The second-order valence-corrected chi connectivity index (χ2v) is 7.49. The van der Waals surface area contributed by atoms with Crippen LogP contribution in [0.15, 0.2) is 17.0 Å². The van der Waals surface area contributed by atoms with E-state index >= 15 is 0 Å². The fourth-order valence-corrected chi connectivity index (χ4v) is 4.28. The number of carbonyl (C=O) groups is 1. The van der Waals surface area contributed by atoms with Crippen LogP contribution in [0, 0.1) is 0 Å². The first kappa shape index (κ1) is 15.5. The smallest absolute Gasteiger partial charge is 0.240 e. The van der Waals surface area contributed by atoms with E-state index in [1.807, 2.05) is 6.92 Å². The molecule has 120 valence electrons. The van der Waals surface area contributed by atoms with Crippen LogP contribution in [0.25, 0.3) is 0 Å². The van der Waals surface area contributed by atoms with Gasteiger partial charge < -0.3 is 9.64 Å². The first-order chi connectivity index (χ1) is 10.5. The molecule has 2 aliphatic heterocycles. The highest BCUT2D eigenvalue weighted by molar-refractivity contribution is 7.89. The molecule has 0 saturated heterocycles. The Balaban J connectivity index is 2.01. The minimum atomic E-state index is -3.58. The Morgan fingerprint density at radius 2 is 2.18 bits per heavy atom. The van der Waals surface area contributed by atoms with E-state index in [0.717, 1.165) is 36.2 Å². The summed E-state index contributed by atoms with van der Waals surface area (Å²) in [5, 5.41) is 0. The lowest BCUT2D eigenvalue weighted by molar-refractivity contribution is -0.119. The number of amides is 1. The largest absolute Gasteiger partial charge is 0.383 e. The number of aryl methyl sites for hydroxylation is 1. The van der Waals surface area contributed by atoms with Gasteiger partial charge in [0.2, 0.25) is 15.9 Å². The van der Waals surface area contributed by atoms with Crippen molar-refractivity contribution >= 4 is 21.6 Å². The Morgan fingerprint density at radius 1 is 1.41 bits per heavy atom. The van der Waals surface area contributed by atoms with Crippen molar-refractivity contribution in [2.45, 2.75) is 30.6 Å². The molecule has 0 unspecified atom stereocenters. The van der Waals surface area contributed by atoms with Gasteiger partial charge in [-0.15, -0.1) is 0 Å². The van der Waals surface area contributed by atoms with Gasteiger partial charge in [-0.3, -0.25) is 4.79 Å². The quantitative estimate of drug-likeness (QED) is 0.820. The molecule has 1 aromatic rings. The van der Waals surface area contributed by atoms with Crippen molar-refractivity contribution in [2.24, 2.45) is 0 Å². The van der Waals surface area contributed by atoms with E-state index < -0.39 is 10.0 Å². The Morgan fingerprint density at radius 3 is 2.91 bits per heavy atom. The topological polar surface area (TPSA) is 75.7 Å². The number of sulfonamides is 1. The molecule has 3 rings (SSSR count). The van der Waals surface area contributed by atoms with E-state index in [1.165, 1.54) is 7.11 Å². The van der Waals surface area contributed by atoms with Crippen molar-refractivity contribution in [1.82, 2.24) is 4.72 Å². The molecule has 1 N–H and O–H groups in total. The van der Waals surface area contributed by atoms with Crippen molar-refractivity contribution in [3.8, 4) is 0 Å². The van der Waals surface area contributed by atoms with Crippen molar-refractivity contribution in [3.05, 3.63) is 23.3 Å². The highest BCUT2D eigenvalue weighted by atomic mass is 32.2. The summed E-state index contributed by atoms with van der Waals surface area (Å²) in [6.45, 7) is 3.11. The predicted molar refractivity (Wildman–Crippen MR) is 82.6 cm³/mol. The maximum Gasteiger partial charge on any atom is 0.240 e. The highest BCUT2D eigenvalue weighted by Crippen LogP contribution is 2.43. The third-order valence-corrected chi connectivity index (χ3v) is 5.74. The molecule has 1 atom stereocenters. The summed E-state index contributed by atoms with van der Waals surface area (Å²) < 4.78 is 32.2. The zero-order valence-corrected chi connectivity index (χ0v) is 13.6. The normalized spacial score (nSPS) is 20.4. The molecule has 22 heavy (non-hydrogen) atoms. The minimum absolute atomic E-state index is 0.0674. The second-order valence-electron chi connectivity index (χ2n) is 5.73. The van der Waals surface area contributed by atoms with Crippen molar-refractivity contribution < 1.29 is 17.9 Å². The molecule has 0 aromatic heterocycles. The van der Waals surface area contributed by atoms with Crippen LogP contribution >= 0.6 is 0 Å². The van der Waals surface area contributed by atoms with Crippen molar-refractivity contribution in [3.63, 3.8) is 0 Å². The molecule has 0 bridgehead atoms. The first-order valence-corrected chi connectivity index (χ1v) is 8.91. The summed E-state index contributed by atoms with van der Waals surface area (Å²) in [7, 11) is -2.06. The number of nitrogens with zero attached hydrogens (tertiary/aromatic N) is 1. The monoisotopic (exact) mass is 324 g/mol. The summed E-state index contributed by atoms with van der Waals surface area (Å²) in [6, 6.07) is 3.34. The summed E-state index contributed by atoms with van der Waals surface area (Å²) in [5.41, 5.74) is 2.71. The van der Waals surface area contributed by atoms with Crippen LogP contribution in [0.1, 0.15) is 30.4 Å². The molecule has 0 aliphatic carbocycles. The summed E-state index contributed by atoms with van der Waals surface area (Å²) in [6.07, 6.45) is 1.67. The Labute approximate surface area is 130 Å². The van der Waals surface area contributed by atoms with Crippen molar-refractivity contribution in [1.29, 1.82) is 0 Å². The average Bonchev–Trinajstić information content (AvgIpc) is 2.74. The van der Waals surface area contributed by atoms with Crippen LogP contribution in [0.2, 0.25) is 0 Å². The molecule has 2 heterocycles. The maximum atomic E-state index is 12.4. The van der Waals surface area contributed by atoms with Crippen LogP contribution in [0.3, 0.4) is 0 Å². The van der Waals surface area contributed by atoms with E-state index in [9.17, 15) is 13.2 Å². The van der Waals surface area contributed by atoms with E-state index in [1.54, 1.807) is 17.0 Å². The molecule has 0 radical (unpaired) electrons. The number of methoxy groups -OCH3 is 1. The fraction of sp³-hybridized carbons (Fsp3) is 0.533. The fourth-order valence-electron chi connectivity index (χ4n) is 3.18. The molecule has 0 fully saturated rings. The van der Waals surface area contributed by atoms with Gasteiger partial charge in [0.1, 0.15) is 0 Å². The summed E-state index contributed by atoms with van der Waals surface area (Å²) in [4.78, 5) is 14.3. The van der Waals surface area contributed by atoms with E-state index in [2.05, 4.69) is 4.72 Å². The number of benzene rings is 1. The van der Waals surface area contributed by atoms with Gasteiger partial charge in [-0.05, 0) is 43.0 Å². The third-order valence-electron chi connectivity index (χ3n) is 4.30. The van der Waals surface area contributed by atoms with Crippen LogP contribution in [-0.4, -0.2) is 41.1 Å². The molecule has 1 amide bonds. The second kappa shape index (κ2) is 5.64. The lowest BCUT2D eigenvalue weighted by Crippen LogP contribution is -2.32. The predicted octanol–water partition coefficient (Wildman–Crippen LogP) is 1.01. The van der Waals surface area contributed by atoms with Gasteiger partial charge in [-0.1, -0.05) is 0 Å². The zero-order chi connectivity index (χ0) is 15.9. The number of nitrogens with one attached hydrogen (secondary N) is 1. The zero-order valence-electron chi connectivity index (χ0n) is 12.8. The van der Waals surface area contributed by atoms with Crippen molar-refractivity contribution in [2.75, 3.05) is 31.7 Å².